The van der Waals surface area contributed by atoms with Crippen LogP contribution in [0.4, 0.5) is 0 Å². The molecule has 0 aliphatic heterocycles. The van der Waals surface area contributed by atoms with Crippen LogP contribution in [0.2, 0.25) is 0 Å². The van der Waals surface area contributed by atoms with E-state index in [1.807, 2.05) is 24.3 Å². The molecule has 0 saturated carbocycles. The number of carbonyl (C=O) groups is 2. The summed E-state index contributed by atoms with van der Waals surface area (Å²) in [4.78, 5) is 23.4. The van der Waals surface area contributed by atoms with Crippen LogP contribution >= 0.6 is 0 Å². The molecule has 188 valence electrons. The van der Waals surface area contributed by atoms with Gasteiger partial charge in [0.1, 0.15) is 17.2 Å². The number of aliphatic hydroxyl groups excluding tert-OH is 1. The van der Waals surface area contributed by atoms with Gasteiger partial charge in [0.2, 0.25) is 6.29 Å². The molecule has 3 aromatic rings. The monoisotopic (exact) mass is 490 g/mol. The molecule has 1 N–H and O–H groups in total. The number of ether oxygens (including phenoxy) is 4. The van der Waals surface area contributed by atoms with Gasteiger partial charge in [0.15, 0.2) is 0 Å². The number of carbonyl (C=O) groups excluding carboxylic acids is 2. The van der Waals surface area contributed by atoms with Crippen molar-refractivity contribution in [2.24, 2.45) is 0 Å². The molecule has 0 radical (unpaired) electrons. The Morgan fingerprint density at radius 1 is 0.861 bits per heavy atom. The lowest BCUT2D eigenvalue weighted by molar-refractivity contribution is -0.137. The van der Waals surface area contributed by atoms with Gasteiger partial charge in [-0.25, -0.2) is 9.59 Å². The first-order valence-electron chi connectivity index (χ1n) is 11.8. The van der Waals surface area contributed by atoms with Crippen LogP contribution in [-0.4, -0.2) is 30.3 Å². The predicted octanol–water partition coefficient (Wildman–Crippen LogP) is 5.43. The number of unbranched alkanes of at least 4 members (excludes halogenated alkanes) is 1. The van der Waals surface area contributed by atoms with E-state index in [0.29, 0.717) is 48.0 Å². The number of hydrogen-bond donors (Lipinski definition) is 1. The normalized spacial score (nSPS) is 11.3. The molecule has 3 rings (SSSR count). The smallest absolute Gasteiger partial charge is 0.343 e. The van der Waals surface area contributed by atoms with E-state index in [0.717, 1.165) is 18.9 Å². The largest absolute Gasteiger partial charge is 0.494 e. The molecule has 0 amide bonds. The Labute approximate surface area is 210 Å². The maximum absolute atomic E-state index is 12.5. The van der Waals surface area contributed by atoms with Crippen molar-refractivity contribution in [1.29, 1.82) is 0 Å². The maximum Gasteiger partial charge on any atom is 0.343 e. The summed E-state index contributed by atoms with van der Waals surface area (Å²) in [5, 5.41) is 10.3. The van der Waals surface area contributed by atoms with Crippen LogP contribution in [0, 0.1) is 0 Å². The molecule has 0 bridgehead atoms. The van der Waals surface area contributed by atoms with Crippen molar-refractivity contribution in [3.05, 3.63) is 102 Å². The summed E-state index contributed by atoms with van der Waals surface area (Å²) in [6, 6.07) is 20.7. The van der Waals surface area contributed by atoms with Crippen LogP contribution in [0.3, 0.4) is 0 Å². The molecule has 7 heteroatoms. The van der Waals surface area contributed by atoms with Crippen LogP contribution in [0.5, 0.6) is 17.2 Å². The van der Waals surface area contributed by atoms with Crippen molar-refractivity contribution in [2.75, 3.05) is 13.2 Å². The second-order valence-electron chi connectivity index (χ2n) is 7.88. The lowest BCUT2D eigenvalue weighted by Crippen LogP contribution is -2.09. The minimum atomic E-state index is -1.10. The summed E-state index contributed by atoms with van der Waals surface area (Å²) in [6.45, 7) is 6.19. The van der Waals surface area contributed by atoms with Crippen molar-refractivity contribution < 1.29 is 33.6 Å². The lowest BCUT2D eigenvalue weighted by atomic mass is 10.1. The van der Waals surface area contributed by atoms with Crippen molar-refractivity contribution in [3.63, 3.8) is 0 Å². The fraction of sp³-hybridized carbons (Fsp3) is 0.241. The third kappa shape index (κ3) is 8.29. The second kappa shape index (κ2) is 13.7. The Morgan fingerprint density at radius 2 is 1.47 bits per heavy atom. The number of esters is 2. The molecule has 0 aromatic heterocycles. The van der Waals surface area contributed by atoms with E-state index in [1.54, 1.807) is 48.5 Å². The summed E-state index contributed by atoms with van der Waals surface area (Å²) >= 11 is 0. The highest BCUT2D eigenvalue weighted by molar-refractivity contribution is 5.91. The third-order valence-corrected chi connectivity index (χ3v) is 5.26. The predicted molar refractivity (Wildman–Crippen MR) is 135 cm³/mol. The molecule has 0 saturated heterocycles. The highest BCUT2D eigenvalue weighted by Gasteiger charge is 2.12. The van der Waals surface area contributed by atoms with Gasteiger partial charge >= 0.3 is 11.9 Å². The minimum Gasteiger partial charge on any atom is -0.494 e. The molecule has 0 spiro atoms. The van der Waals surface area contributed by atoms with Crippen molar-refractivity contribution in [2.45, 2.75) is 32.5 Å². The van der Waals surface area contributed by atoms with Crippen LogP contribution < -0.4 is 14.2 Å². The van der Waals surface area contributed by atoms with Gasteiger partial charge in [-0.15, -0.1) is 0 Å². The summed E-state index contributed by atoms with van der Waals surface area (Å²) in [7, 11) is 0. The molecule has 0 aliphatic rings. The molecule has 36 heavy (non-hydrogen) atoms. The van der Waals surface area contributed by atoms with Gasteiger partial charge in [-0.3, -0.25) is 0 Å². The summed E-state index contributed by atoms with van der Waals surface area (Å²) in [6.07, 6.45) is 2.36. The topological polar surface area (TPSA) is 91.3 Å². The van der Waals surface area contributed by atoms with Gasteiger partial charge in [0, 0.05) is 11.6 Å². The SMILES string of the molecule is C=CC(=O)OCCCCOc1ccc(C(=O)Oc2ccc(OC(O)c3ccc(CC)cc3)cc2)cc1. The van der Waals surface area contributed by atoms with E-state index in [4.69, 9.17) is 18.9 Å². The molecule has 1 atom stereocenters. The third-order valence-electron chi connectivity index (χ3n) is 5.26. The molecule has 7 nitrogen and oxygen atoms in total. The highest BCUT2D eigenvalue weighted by Crippen LogP contribution is 2.24. The van der Waals surface area contributed by atoms with Gasteiger partial charge < -0.3 is 24.1 Å². The van der Waals surface area contributed by atoms with E-state index < -0.39 is 18.2 Å². The van der Waals surface area contributed by atoms with Crippen LogP contribution in [0.1, 0.15) is 47.5 Å². The number of rotatable bonds is 13. The quantitative estimate of drug-likeness (QED) is 0.112. The Kier molecular flexibility index (Phi) is 10.1. The van der Waals surface area contributed by atoms with Gasteiger partial charge in [0.25, 0.3) is 0 Å². The minimum absolute atomic E-state index is 0.319. The Hall–Kier alpha value is -4.10. The molecule has 1 unspecified atom stereocenters. The zero-order chi connectivity index (χ0) is 25.8. The van der Waals surface area contributed by atoms with Gasteiger partial charge in [-0.2, -0.15) is 0 Å². The number of benzene rings is 3. The molecular formula is C29H30O7. The van der Waals surface area contributed by atoms with Crippen molar-refractivity contribution >= 4 is 11.9 Å². The molecule has 0 aliphatic carbocycles. The number of hydrogen-bond acceptors (Lipinski definition) is 7. The van der Waals surface area contributed by atoms with E-state index in [2.05, 4.69) is 13.5 Å². The Balaban J connectivity index is 1.43. The molecule has 3 aromatic carbocycles. The second-order valence-corrected chi connectivity index (χ2v) is 7.88. The average Bonchev–Trinajstić information content (AvgIpc) is 2.91. The van der Waals surface area contributed by atoms with Crippen LogP contribution in [-0.2, 0) is 16.0 Å². The van der Waals surface area contributed by atoms with Crippen molar-refractivity contribution in [3.8, 4) is 17.2 Å². The van der Waals surface area contributed by atoms with Crippen LogP contribution in [0.25, 0.3) is 0 Å². The Bertz CT molecular complexity index is 1120. The molecular weight excluding hydrogens is 460 g/mol. The van der Waals surface area contributed by atoms with E-state index in [1.165, 1.54) is 5.56 Å². The standard InChI is InChI=1S/C29H30O7/c1-3-21-7-9-22(10-8-21)28(31)35-25-15-17-26(18-16-25)36-29(32)23-11-13-24(14-12-23)33-19-5-6-20-34-27(30)4-2/h4,7-18,28,31H,2-3,5-6,19-20H2,1H3. The average molecular weight is 491 g/mol. The summed E-state index contributed by atoms with van der Waals surface area (Å²) in [5.74, 6) is 0.484. The Morgan fingerprint density at radius 3 is 2.11 bits per heavy atom. The summed E-state index contributed by atoms with van der Waals surface area (Å²) in [5.41, 5.74) is 2.22. The zero-order valence-corrected chi connectivity index (χ0v) is 20.2. The van der Waals surface area contributed by atoms with E-state index in [-0.39, 0.29) is 0 Å². The van der Waals surface area contributed by atoms with E-state index in [9.17, 15) is 14.7 Å². The molecule has 0 heterocycles. The first-order valence-corrected chi connectivity index (χ1v) is 11.8. The van der Waals surface area contributed by atoms with E-state index >= 15 is 0 Å². The fourth-order valence-electron chi connectivity index (χ4n) is 3.18. The summed E-state index contributed by atoms with van der Waals surface area (Å²) < 4.78 is 21.5. The first-order chi connectivity index (χ1) is 17.5. The maximum atomic E-state index is 12.5. The number of aryl methyl sites for hydroxylation is 1. The van der Waals surface area contributed by atoms with Gasteiger partial charge in [-0.1, -0.05) is 37.8 Å². The lowest BCUT2D eigenvalue weighted by Gasteiger charge is -2.14. The van der Waals surface area contributed by atoms with Crippen LogP contribution in [0.15, 0.2) is 85.5 Å². The fourth-order valence-corrected chi connectivity index (χ4v) is 3.18. The molecule has 0 fully saturated rings. The zero-order valence-electron chi connectivity index (χ0n) is 20.2. The number of aliphatic hydroxyl groups is 1. The van der Waals surface area contributed by atoms with Crippen molar-refractivity contribution in [1.82, 2.24) is 0 Å². The highest BCUT2D eigenvalue weighted by atomic mass is 16.6. The van der Waals surface area contributed by atoms with Gasteiger partial charge in [-0.05, 0) is 73.4 Å². The van der Waals surface area contributed by atoms with Gasteiger partial charge in [0.05, 0.1) is 18.8 Å². The first kappa shape index (κ1) is 26.5.